The molecule has 20 heavy (non-hydrogen) atoms. The minimum atomic E-state index is -3.67. The minimum Gasteiger partial charge on any atom is -0.396 e. The number of hydrogen-bond donors (Lipinski definition) is 2. The second-order valence-corrected chi connectivity index (χ2v) is 7.56. The number of nitrogens with one attached hydrogen (secondary N) is 1. The van der Waals surface area contributed by atoms with Crippen molar-refractivity contribution in [3.8, 4) is 0 Å². The van der Waals surface area contributed by atoms with Gasteiger partial charge in [0, 0.05) is 13.1 Å². The Hall–Kier alpha value is -0.530. The molecular formula is C12H17Cl2N3O2S. The average Bonchev–Trinajstić information content (AvgIpc) is 2.79. The van der Waals surface area contributed by atoms with Gasteiger partial charge in [-0.2, -0.15) is 0 Å². The summed E-state index contributed by atoms with van der Waals surface area (Å²) < 4.78 is 27.1. The van der Waals surface area contributed by atoms with Gasteiger partial charge in [0.15, 0.2) is 0 Å². The van der Waals surface area contributed by atoms with Crippen LogP contribution in [-0.4, -0.2) is 40.0 Å². The predicted octanol–water partition coefficient (Wildman–Crippen LogP) is 1.81. The average molecular weight is 338 g/mol. The SMILES string of the molecule is CN1CCC(CNS(=O)(=O)c2ccc(Cl)c(N)c2Cl)C1. The van der Waals surface area contributed by atoms with E-state index in [0.29, 0.717) is 12.5 Å². The number of nitrogens with zero attached hydrogens (tertiary/aromatic N) is 1. The molecule has 0 saturated carbocycles. The molecular weight excluding hydrogens is 321 g/mol. The smallest absolute Gasteiger partial charge is 0.242 e. The molecule has 1 heterocycles. The van der Waals surface area contributed by atoms with E-state index < -0.39 is 10.0 Å². The van der Waals surface area contributed by atoms with Crippen LogP contribution >= 0.6 is 23.2 Å². The molecule has 0 aliphatic carbocycles. The summed E-state index contributed by atoms with van der Waals surface area (Å²) in [6.07, 6.45) is 0.982. The van der Waals surface area contributed by atoms with E-state index >= 15 is 0 Å². The molecule has 0 bridgehead atoms. The third-order valence-electron chi connectivity index (χ3n) is 3.43. The lowest BCUT2D eigenvalue weighted by molar-refractivity contribution is 0.394. The van der Waals surface area contributed by atoms with E-state index in [1.807, 2.05) is 7.05 Å². The standard InChI is InChI=1S/C12H17Cl2N3O2S/c1-17-5-4-8(7-17)6-16-20(18,19)10-3-2-9(13)12(15)11(10)14/h2-3,8,16H,4-7,15H2,1H3. The monoisotopic (exact) mass is 337 g/mol. The van der Waals surface area contributed by atoms with E-state index in [4.69, 9.17) is 28.9 Å². The molecule has 0 spiro atoms. The Morgan fingerprint density at radius 3 is 2.75 bits per heavy atom. The fourth-order valence-corrected chi connectivity index (χ4v) is 4.13. The second-order valence-electron chi connectivity index (χ2n) is 5.04. The van der Waals surface area contributed by atoms with Crippen LogP contribution in [0.15, 0.2) is 17.0 Å². The van der Waals surface area contributed by atoms with Crippen LogP contribution in [0.5, 0.6) is 0 Å². The second kappa shape index (κ2) is 6.07. The van der Waals surface area contributed by atoms with Gasteiger partial charge < -0.3 is 10.6 Å². The maximum Gasteiger partial charge on any atom is 0.242 e. The van der Waals surface area contributed by atoms with Gasteiger partial charge in [-0.3, -0.25) is 0 Å². The number of benzene rings is 1. The molecule has 0 amide bonds. The van der Waals surface area contributed by atoms with Crippen LogP contribution in [0, 0.1) is 5.92 Å². The van der Waals surface area contributed by atoms with Crippen LogP contribution in [0.3, 0.4) is 0 Å². The summed E-state index contributed by atoms with van der Waals surface area (Å²) in [5.41, 5.74) is 5.73. The fraction of sp³-hybridized carbons (Fsp3) is 0.500. The highest BCUT2D eigenvalue weighted by Crippen LogP contribution is 2.33. The van der Waals surface area contributed by atoms with Crippen LogP contribution in [-0.2, 0) is 10.0 Å². The number of nitrogens with two attached hydrogens (primary N) is 1. The maximum absolute atomic E-state index is 12.2. The summed E-state index contributed by atoms with van der Waals surface area (Å²) in [4.78, 5) is 2.14. The largest absolute Gasteiger partial charge is 0.396 e. The summed E-state index contributed by atoms with van der Waals surface area (Å²) in [6, 6.07) is 2.80. The fourth-order valence-electron chi connectivity index (χ4n) is 2.26. The molecule has 112 valence electrons. The summed E-state index contributed by atoms with van der Waals surface area (Å²) in [7, 11) is -1.66. The van der Waals surface area contributed by atoms with Crippen LogP contribution < -0.4 is 10.5 Å². The zero-order chi connectivity index (χ0) is 14.9. The van der Waals surface area contributed by atoms with Crippen molar-refractivity contribution in [1.82, 2.24) is 9.62 Å². The Bertz CT molecular complexity index is 607. The van der Waals surface area contributed by atoms with Crippen molar-refractivity contribution >= 4 is 38.9 Å². The molecule has 1 aliphatic rings. The first-order valence-corrected chi connectivity index (χ1v) is 8.47. The lowest BCUT2D eigenvalue weighted by Gasteiger charge is -2.14. The molecule has 1 aliphatic heterocycles. The van der Waals surface area contributed by atoms with Crippen molar-refractivity contribution in [3.05, 3.63) is 22.2 Å². The van der Waals surface area contributed by atoms with Gasteiger partial charge in [0.25, 0.3) is 0 Å². The van der Waals surface area contributed by atoms with Gasteiger partial charge in [0.2, 0.25) is 10.0 Å². The molecule has 1 aromatic carbocycles. The van der Waals surface area contributed by atoms with E-state index in [0.717, 1.165) is 19.5 Å². The van der Waals surface area contributed by atoms with Crippen molar-refractivity contribution < 1.29 is 8.42 Å². The van der Waals surface area contributed by atoms with Crippen molar-refractivity contribution in [2.75, 3.05) is 32.4 Å². The molecule has 0 radical (unpaired) electrons. The van der Waals surface area contributed by atoms with Gasteiger partial charge in [-0.25, -0.2) is 13.1 Å². The molecule has 2 rings (SSSR count). The number of hydrogen-bond acceptors (Lipinski definition) is 4. The number of halogens is 2. The van der Waals surface area contributed by atoms with Gasteiger partial charge >= 0.3 is 0 Å². The van der Waals surface area contributed by atoms with Crippen LogP contribution in [0.25, 0.3) is 0 Å². The Morgan fingerprint density at radius 2 is 2.15 bits per heavy atom. The molecule has 1 atom stereocenters. The third kappa shape index (κ3) is 3.38. The summed E-state index contributed by atoms with van der Waals surface area (Å²) in [6.45, 7) is 2.27. The normalized spacial score (nSPS) is 20.4. The highest BCUT2D eigenvalue weighted by molar-refractivity contribution is 7.89. The minimum absolute atomic E-state index is 0.0338. The van der Waals surface area contributed by atoms with Crippen molar-refractivity contribution in [2.24, 2.45) is 5.92 Å². The molecule has 1 unspecified atom stereocenters. The lowest BCUT2D eigenvalue weighted by Crippen LogP contribution is -2.30. The number of likely N-dealkylation sites (tertiary alicyclic amines) is 1. The van der Waals surface area contributed by atoms with Crippen LogP contribution in [0.4, 0.5) is 5.69 Å². The van der Waals surface area contributed by atoms with E-state index in [1.54, 1.807) is 0 Å². The Balaban J connectivity index is 2.13. The first-order valence-electron chi connectivity index (χ1n) is 6.23. The van der Waals surface area contributed by atoms with Gasteiger partial charge in [-0.15, -0.1) is 0 Å². The van der Waals surface area contributed by atoms with E-state index in [1.165, 1.54) is 12.1 Å². The first kappa shape index (κ1) is 15.9. The highest BCUT2D eigenvalue weighted by atomic mass is 35.5. The molecule has 5 nitrogen and oxygen atoms in total. The number of anilines is 1. The lowest BCUT2D eigenvalue weighted by atomic mass is 10.1. The Morgan fingerprint density at radius 1 is 1.45 bits per heavy atom. The summed E-state index contributed by atoms with van der Waals surface area (Å²) in [5, 5.41) is 0.208. The Labute approximate surface area is 129 Å². The zero-order valence-electron chi connectivity index (χ0n) is 11.1. The van der Waals surface area contributed by atoms with Crippen molar-refractivity contribution in [3.63, 3.8) is 0 Å². The molecule has 1 aromatic rings. The van der Waals surface area contributed by atoms with Gasteiger partial charge in [0.1, 0.15) is 4.90 Å². The molecule has 1 saturated heterocycles. The van der Waals surface area contributed by atoms with Gasteiger partial charge in [0.05, 0.1) is 15.7 Å². The van der Waals surface area contributed by atoms with E-state index in [-0.39, 0.29) is 20.6 Å². The van der Waals surface area contributed by atoms with Crippen LogP contribution in [0.2, 0.25) is 10.0 Å². The quantitative estimate of drug-likeness (QED) is 0.821. The molecule has 8 heteroatoms. The predicted molar refractivity (Wildman–Crippen MR) is 81.7 cm³/mol. The van der Waals surface area contributed by atoms with Gasteiger partial charge in [-0.1, -0.05) is 23.2 Å². The number of sulfonamides is 1. The zero-order valence-corrected chi connectivity index (χ0v) is 13.4. The topological polar surface area (TPSA) is 75.4 Å². The molecule has 0 aromatic heterocycles. The maximum atomic E-state index is 12.2. The third-order valence-corrected chi connectivity index (χ3v) is 5.75. The molecule has 3 N–H and O–H groups in total. The summed E-state index contributed by atoms with van der Waals surface area (Å²) in [5.74, 6) is 0.318. The van der Waals surface area contributed by atoms with E-state index in [9.17, 15) is 8.42 Å². The summed E-state index contributed by atoms with van der Waals surface area (Å²) >= 11 is 11.8. The Kier molecular flexibility index (Phi) is 4.81. The molecule has 1 fully saturated rings. The van der Waals surface area contributed by atoms with Crippen LogP contribution in [0.1, 0.15) is 6.42 Å². The first-order chi connectivity index (χ1) is 9.31. The van der Waals surface area contributed by atoms with Crippen molar-refractivity contribution in [1.29, 1.82) is 0 Å². The van der Waals surface area contributed by atoms with E-state index in [2.05, 4.69) is 9.62 Å². The highest BCUT2D eigenvalue weighted by Gasteiger charge is 2.24. The number of nitrogen functional groups attached to an aromatic ring is 1. The van der Waals surface area contributed by atoms with Gasteiger partial charge in [-0.05, 0) is 38.1 Å². The van der Waals surface area contributed by atoms with Crippen molar-refractivity contribution in [2.45, 2.75) is 11.3 Å². The number of rotatable bonds is 4.